The number of carbonyl (C=O) groups excluding carboxylic acids is 1. The van der Waals surface area contributed by atoms with Gasteiger partial charge in [-0.05, 0) is 24.3 Å². The average molecular weight is 225 g/mol. The number of hydrogen-bond acceptors (Lipinski definition) is 4. The third-order valence-electron chi connectivity index (χ3n) is 2.30. The van der Waals surface area contributed by atoms with Gasteiger partial charge in [-0.15, -0.1) is 11.3 Å². The first-order chi connectivity index (χ1) is 7.34. The van der Waals surface area contributed by atoms with Gasteiger partial charge in [0.25, 0.3) is 0 Å². The third-order valence-corrected chi connectivity index (χ3v) is 3.24. The second kappa shape index (κ2) is 5.28. The predicted molar refractivity (Wildman–Crippen MR) is 60.0 cm³/mol. The molecular formula is C11H15NO2S. The Hall–Kier alpha value is -0.870. The molecule has 0 atom stereocenters. The molecule has 1 heterocycles. The molecule has 0 radical (unpaired) electrons. The molecule has 15 heavy (non-hydrogen) atoms. The van der Waals surface area contributed by atoms with Gasteiger partial charge in [0.1, 0.15) is 0 Å². The van der Waals surface area contributed by atoms with Gasteiger partial charge >= 0.3 is 5.97 Å². The van der Waals surface area contributed by atoms with E-state index in [0.29, 0.717) is 19.2 Å². The van der Waals surface area contributed by atoms with Crippen LogP contribution in [0.4, 0.5) is 0 Å². The highest BCUT2D eigenvalue weighted by Gasteiger charge is 2.21. The molecule has 0 unspecified atom stereocenters. The van der Waals surface area contributed by atoms with Gasteiger partial charge in [0.15, 0.2) is 0 Å². The molecule has 82 valence electrons. The minimum atomic E-state index is -0.140. The van der Waals surface area contributed by atoms with Crippen molar-refractivity contribution in [3.8, 4) is 0 Å². The van der Waals surface area contributed by atoms with Gasteiger partial charge in [-0.3, -0.25) is 4.79 Å². The van der Waals surface area contributed by atoms with Crippen molar-refractivity contribution < 1.29 is 9.53 Å². The molecular weight excluding hydrogens is 210 g/mol. The van der Waals surface area contributed by atoms with Gasteiger partial charge in [-0.25, -0.2) is 0 Å². The summed E-state index contributed by atoms with van der Waals surface area (Å²) in [5.74, 6) is -0.140. The highest BCUT2D eigenvalue weighted by atomic mass is 32.1. The van der Waals surface area contributed by atoms with Gasteiger partial charge in [-0.2, -0.15) is 0 Å². The first kappa shape index (κ1) is 10.6. The summed E-state index contributed by atoms with van der Waals surface area (Å²) in [6, 6.07) is 4.63. The molecule has 1 saturated carbocycles. The van der Waals surface area contributed by atoms with E-state index in [9.17, 15) is 4.79 Å². The lowest BCUT2D eigenvalue weighted by molar-refractivity contribution is -0.142. The highest BCUT2D eigenvalue weighted by Crippen LogP contribution is 2.18. The number of ether oxygens (including phenoxy) is 1. The van der Waals surface area contributed by atoms with E-state index in [1.165, 1.54) is 17.7 Å². The zero-order chi connectivity index (χ0) is 10.5. The largest absolute Gasteiger partial charge is 0.464 e. The Labute approximate surface area is 93.4 Å². The molecule has 1 aliphatic rings. The van der Waals surface area contributed by atoms with Crippen LogP contribution in [0.25, 0.3) is 0 Å². The van der Waals surface area contributed by atoms with E-state index < -0.39 is 0 Å². The Bertz CT molecular complexity index is 306. The van der Waals surface area contributed by atoms with E-state index >= 15 is 0 Å². The van der Waals surface area contributed by atoms with Crippen LogP contribution in [0.1, 0.15) is 17.7 Å². The second-order valence-corrected chi connectivity index (χ2v) is 4.74. The molecule has 1 fully saturated rings. The summed E-state index contributed by atoms with van der Waals surface area (Å²) >= 11 is 1.70. The number of rotatable bonds is 6. The maximum Gasteiger partial charge on any atom is 0.319 e. The topological polar surface area (TPSA) is 38.3 Å². The smallest absolute Gasteiger partial charge is 0.319 e. The van der Waals surface area contributed by atoms with Crippen molar-refractivity contribution in [3.05, 3.63) is 22.4 Å². The zero-order valence-electron chi connectivity index (χ0n) is 8.57. The first-order valence-corrected chi connectivity index (χ1v) is 6.14. The minimum absolute atomic E-state index is 0.140. The molecule has 0 saturated heterocycles. The summed E-state index contributed by atoms with van der Waals surface area (Å²) in [5.41, 5.74) is 0. The Kier molecular flexibility index (Phi) is 3.75. The Balaban J connectivity index is 1.54. The lowest BCUT2D eigenvalue weighted by Crippen LogP contribution is -2.26. The molecule has 2 rings (SSSR count). The number of carbonyl (C=O) groups is 1. The lowest BCUT2D eigenvalue weighted by Gasteiger charge is -2.04. The van der Waals surface area contributed by atoms with Crippen molar-refractivity contribution in [3.63, 3.8) is 0 Å². The van der Waals surface area contributed by atoms with Crippen LogP contribution in [0, 0.1) is 0 Å². The van der Waals surface area contributed by atoms with E-state index in [1.807, 2.05) is 11.4 Å². The molecule has 0 aliphatic heterocycles. The normalized spacial score (nSPS) is 15.2. The number of nitrogens with one attached hydrogen (secondary N) is 1. The Morgan fingerprint density at radius 2 is 2.47 bits per heavy atom. The summed E-state index contributed by atoms with van der Waals surface area (Å²) < 4.78 is 5.10. The van der Waals surface area contributed by atoms with Crippen molar-refractivity contribution in [1.82, 2.24) is 5.32 Å². The summed E-state index contributed by atoms with van der Waals surface area (Å²) in [6.45, 7) is 0.848. The molecule has 0 bridgehead atoms. The summed E-state index contributed by atoms with van der Waals surface area (Å²) in [5, 5.41) is 5.16. The molecule has 1 aromatic heterocycles. The SMILES string of the molecule is O=C(CNC1CC1)OCCc1cccs1. The van der Waals surface area contributed by atoms with Crippen LogP contribution in [0.2, 0.25) is 0 Å². The molecule has 3 nitrogen and oxygen atoms in total. The fourth-order valence-electron chi connectivity index (χ4n) is 1.29. The van der Waals surface area contributed by atoms with Crippen LogP contribution >= 0.6 is 11.3 Å². The van der Waals surface area contributed by atoms with Crippen molar-refractivity contribution >= 4 is 17.3 Å². The first-order valence-electron chi connectivity index (χ1n) is 5.26. The van der Waals surface area contributed by atoms with Crippen LogP contribution in [0.15, 0.2) is 17.5 Å². The van der Waals surface area contributed by atoms with Crippen molar-refractivity contribution in [2.45, 2.75) is 25.3 Å². The fraction of sp³-hybridized carbons (Fsp3) is 0.545. The third kappa shape index (κ3) is 4.01. The maximum atomic E-state index is 11.2. The van der Waals surface area contributed by atoms with E-state index in [4.69, 9.17) is 4.74 Å². The standard InChI is InChI=1S/C11H15NO2S/c13-11(8-12-9-3-4-9)14-6-5-10-2-1-7-15-10/h1-2,7,9,12H,3-6,8H2. The molecule has 0 spiro atoms. The van der Waals surface area contributed by atoms with Gasteiger partial charge in [0.2, 0.25) is 0 Å². The molecule has 4 heteroatoms. The summed E-state index contributed by atoms with van der Waals surface area (Å²) in [4.78, 5) is 12.5. The molecule has 1 aliphatic carbocycles. The quantitative estimate of drug-likeness (QED) is 0.747. The number of esters is 1. The molecule has 0 amide bonds. The Morgan fingerprint density at radius 3 is 3.13 bits per heavy atom. The average Bonchev–Trinajstić information content (AvgIpc) is 2.92. The monoisotopic (exact) mass is 225 g/mol. The number of hydrogen-bond donors (Lipinski definition) is 1. The predicted octanol–water partition coefficient (Wildman–Crippen LogP) is 1.59. The van der Waals surface area contributed by atoms with Crippen molar-refractivity contribution in [2.24, 2.45) is 0 Å². The molecule has 0 aromatic carbocycles. The van der Waals surface area contributed by atoms with Crippen LogP contribution < -0.4 is 5.32 Å². The van der Waals surface area contributed by atoms with Gasteiger partial charge in [0, 0.05) is 17.3 Å². The lowest BCUT2D eigenvalue weighted by atomic mass is 10.4. The Morgan fingerprint density at radius 1 is 1.60 bits per heavy atom. The van der Waals surface area contributed by atoms with Crippen molar-refractivity contribution in [2.75, 3.05) is 13.2 Å². The second-order valence-electron chi connectivity index (χ2n) is 3.71. The van der Waals surface area contributed by atoms with Crippen LogP contribution in [0.5, 0.6) is 0 Å². The van der Waals surface area contributed by atoms with Gasteiger partial charge in [-0.1, -0.05) is 6.07 Å². The maximum absolute atomic E-state index is 11.2. The van der Waals surface area contributed by atoms with Gasteiger partial charge in [0.05, 0.1) is 13.2 Å². The summed E-state index contributed by atoms with van der Waals surface area (Å²) in [6.07, 6.45) is 3.22. The van der Waals surface area contributed by atoms with E-state index in [0.717, 1.165) is 6.42 Å². The van der Waals surface area contributed by atoms with Gasteiger partial charge < -0.3 is 10.1 Å². The van der Waals surface area contributed by atoms with E-state index in [-0.39, 0.29) is 5.97 Å². The summed E-state index contributed by atoms with van der Waals surface area (Å²) in [7, 11) is 0. The van der Waals surface area contributed by atoms with Crippen LogP contribution in [-0.2, 0) is 16.0 Å². The van der Waals surface area contributed by atoms with Crippen LogP contribution in [-0.4, -0.2) is 25.2 Å². The molecule has 1 aromatic rings. The fourth-order valence-corrected chi connectivity index (χ4v) is 1.98. The number of thiophene rings is 1. The van der Waals surface area contributed by atoms with Crippen LogP contribution in [0.3, 0.4) is 0 Å². The molecule has 1 N–H and O–H groups in total. The highest BCUT2D eigenvalue weighted by molar-refractivity contribution is 7.09. The van der Waals surface area contributed by atoms with E-state index in [1.54, 1.807) is 11.3 Å². The van der Waals surface area contributed by atoms with Crippen molar-refractivity contribution in [1.29, 1.82) is 0 Å². The van der Waals surface area contributed by atoms with E-state index in [2.05, 4.69) is 11.4 Å². The minimum Gasteiger partial charge on any atom is -0.464 e. The zero-order valence-corrected chi connectivity index (χ0v) is 9.39.